The van der Waals surface area contributed by atoms with Crippen LogP contribution < -0.4 is 5.73 Å². The van der Waals surface area contributed by atoms with Crippen LogP contribution in [0.25, 0.3) is 0 Å². The molecule has 80 valence electrons. The van der Waals surface area contributed by atoms with Gasteiger partial charge in [0.05, 0.1) is 6.61 Å². The standard InChI is InChI=1S/C10H24N2O/c1-4-10(5-6-11)12(7-8-13)9(2)3/h9-10,13H,4-8,11H2,1-3H3. The van der Waals surface area contributed by atoms with Crippen LogP contribution >= 0.6 is 0 Å². The summed E-state index contributed by atoms with van der Waals surface area (Å²) in [6, 6.07) is 1.01. The molecule has 0 saturated carbocycles. The Labute approximate surface area is 81.9 Å². The van der Waals surface area contributed by atoms with E-state index in [0.717, 1.165) is 25.9 Å². The second kappa shape index (κ2) is 7.30. The van der Waals surface area contributed by atoms with Crippen LogP contribution in [0.15, 0.2) is 0 Å². The van der Waals surface area contributed by atoms with Gasteiger partial charge in [-0.25, -0.2) is 0 Å². The van der Waals surface area contributed by atoms with Crippen molar-refractivity contribution >= 4 is 0 Å². The number of hydrogen-bond acceptors (Lipinski definition) is 3. The van der Waals surface area contributed by atoms with E-state index in [4.69, 9.17) is 10.8 Å². The molecule has 3 nitrogen and oxygen atoms in total. The first-order chi connectivity index (χ1) is 6.17. The smallest absolute Gasteiger partial charge is 0.0558 e. The minimum Gasteiger partial charge on any atom is -0.395 e. The van der Waals surface area contributed by atoms with Crippen molar-refractivity contribution in [3.63, 3.8) is 0 Å². The molecule has 0 aromatic heterocycles. The Morgan fingerprint density at radius 3 is 2.31 bits per heavy atom. The van der Waals surface area contributed by atoms with E-state index < -0.39 is 0 Å². The van der Waals surface area contributed by atoms with Crippen molar-refractivity contribution < 1.29 is 5.11 Å². The van der Waals surface area contributed by atoms with E-state index in [0.29, 0.717) is 12.1 Å². The van der Waals surface area contributed by atoms with Gasteiger partial charge in [0.2, 0.25) is 0 Å². The Balaban J connectivity index is 4.11. The predicted octanol–water partition coefficient (Wildman–Crippen LogP) is 0.817. The Kier molecular flexibility index (Phi) is 7.23. The van der Waals surface area contributed by atoms with Crippen LogP contribution in [-0.4, -0.2) is 41.8 Å². The second-order valence-corrected chi connectivity index (χ2v) is 3.69. The van der Waals surface area contributed by atoms with Gasteiger partial charge < -0.3 is 10.8 Å². The third kappa shape index (κ3) is 4.60. The monoisotopic (exact) mass is 188 g/mol. The summed E-state index contributed by atoms with van der Waals surface area (Å²) in [5, 5.41) is 8.93. The molecule has 0 aliphatic heterocycles. The van der Waals surface area contributed by atoms with Crippen LogP contribution in [0.1, 0.15) is 33.6 Å². The summed E-state index contributed by atoms with van der Waals surface area (Å²) in [6.45, 7) is 8.22. The Bertz CT molecular complexity index is 117. The highest BCUT2D eigenvalue weighted by Crippen LogP contribution is 2.11. The number of rotatable bonds is 7. The van der Waals surface area contributed by atoms with Gasteiger partial charge in [-0.3, -0.25) is 4.90 Å². The number of hydrogen-bond donors (Lipinski definition) is 2. The third-order valence-corrected chi connectivity index (χ3v) is 2.46. The lowest BCUT2D eigenvalue weighted by atomic mass is 10.1. The summed E-state index contributed by atoms with van der Waals surface area (Å²) >= 11 is 0. The molecule has 13 heavy (non-hydrogen) atoms. The first kappa shape index (κ1) is 12.9. The van der Waals surface area contributed by atoms with Gasteiger partial charge in [0, 0.05) is 18.6 Å². The highest BCUT2D eigenvalue weighted by Gasteiger charge is 2.17. The molecular weight excluding hydrogens is 164 g/mol. The zero-order chi connectivity index (χ0) is 10.3. The largest absolute Gasteiger partial charge is 0.395 e. The molecule has 0 saturated heterocycles. The minimum atomic E-state index is 0.235. The molecule has 0 bridgehead atoms. The van der Waals surface area contributed by atoms with Crippen molar-refractivity contribution in [2.24, 2.45) is 5.73 Å². The van der Waals surface area contributed by atoms with Gasteiger partial charge in [0.25, 0.3) is 0 Å². The van der Waals surface area contributed by atoms with Crippen LogP contribution in [0.4, 0.5) is 0 Å². The van der Waals surface area contributed by atoms with Crippen LogP contribution in [-0.2, 0) is 0 Å². The number of aliphatic hydroxyl groups excluding tert-OH is 1. The summed E-state index contributed by atoms with van der Waals surface area (Å²) in [7, 11) is 0. The Morgan fingerprint density at radius 1 is 1.38 bits per heavy atom. The number of aliphatic hydroxyl groups is 1. The highest BCUT2D eigenvalue weighted by atomic mass is 16.3. The fourth-order valence-electron chi connectivity index (χ4n) is 1.77. The molecule has 0 rings (SSSR count). The zero-order valence-corrected chi connectivity index (χ0v) is 9.16. The van der Waals surface area contributed by atoms with E-state index in [1.165, 1.54) is 0 Å². The van der Waals surface area contributed by atoms with Crippen molar-refractivity contribution in [3.8, 4) is 0 Å². The molecule has 1 atom stereocenters. The topological polar surface area (TPSA) is 49.5 Å². The maximum absolute atomic E-state index is 8.93. The zero-order valence-electron chi connectivity index (χ0n) is 9.16. The first-order valence-corrected chi connectivity index (χ1v) is 5.24. The molecule has 0 aliphatic carbocycles. The normalized spacial score (nSPS) is 14.1. The maximum atomic E-state index is 8.93. The molecular formula is C10H24N2O. The van der Waals surface area contributed by atoms with Gasteiger partial charge in [-0.05, 0) is 33.2 Å². The Hall–Kier alpha value is -0.120. The summed E-state index contributed by atoms with van der Waals surface area (Å²) in [5.41, 5.74) is 5.55. The van der Waals surface area contributed by atoms with Crippen LogP contribution in [0.5, 0.6) is 0 Å². The average molecular weight is 188 g/mol. The molecule has 3 N–H and O–H groups in total. The molecule has 0 fully saturated rings. The molecule has 0 amide bonds. The van der Waals surface area contributed by atoms with Gasteiger partial charge in [-0.2, -0.15) is 0 Å². The van der Waals surface area contributed by atoms with Gasteiger partial charge in [-0.1, -0.05) is 6.92 Å². The molecule has 0 aromatic carbocycles. The van der Waals surface area contributed by atoms with E-state index >= 15 is 0 Å². The lowest BCUT2D eigenvalue weighted by molar-refractivity contribution is 0.111. The molecule has 0 spiro atoms. The van der Waals surface area contributed by atoms with Crippen molar-refractivity contribution in [2.75, 3.05) is 19.7 Å². The fourth-order valence-corrected chi connectivity index (χ4v) is 1.77. The van der Waals surface area contributed by atoms with Crippen molar-refractivity contribution in [1.29, 1.82) is 0 Å². The summed E-state index contributed by atoms with van der Waals surface area (Å²) in [5.74, 6) is 0. The van der Waals surface area contributed by atoms with E-state index in [1.807, 2.05) is 0 Å². The summed E-state index contributed by atoms with van der Waals surface area (Å²) < 4.78 is 0. The molecule has 1 unspecified atom stereocenters. The fraction of sp³-hybridized carbons (Fsp3) is 1.00. The number of nitrogens with two attached hydrogens (primary N) is 1. The van der Waals surface area contributed by atoms with Gasteiger partial charge in [-0.15, -0.1) is 0 Å². The molecule has 3 heteroatoms. The Morgan fingerprint density at radius 2 is 2.00 bits per heavy atom. The maximum Gasteiger partial charge on any atom is 0.0558 e. The SMILES string of the molecule is CCC(CCN)N(CCO)C(C)C. The van der Waals surface area contributed by atoms with Crippen LogP contribution in [0.3, 0.4) is 0 Å². The number of nitrogens with zero attached hydrogens (tertiary/aromatic N) is 1. The van der Waals surface area contributed by atoms with Crippen molar-refractivity contribution in [3.05, 3.63) is 0 Å². The van der Waals surface area contributed by atoms with Crippen LogP contribution in [0.2, 0.25) is 0 Å². The quantitative estimate of drug-likeness (QED) is 0.622. The highest BCUT2D eigenvalue weighted by molar-refractivity contribution is 4.73. The van der Waals surface area contributed by atoms with E-state index in [9.17, 15) is 0 Å². The summed E-state index contributed by atoms with van der Waals surface area (Å²) in [6.07, 6.45) is 2.13. The predicted molar refractivity (Wildman–Crippen MR) is 56.7 cm³/mol. The molecule has 0 heterocycles. The average Bonchev–Trinajstić information content (AvgIpc) is 2.10. The lowest BCUT2D eigenvalue weighted by Crippen LogP contribution is -2.42. The van der Waals surface area contributed by atoms with Crippen LogP contribution in [0, 0.1) is 0 Å². The molecule has 0 radical (unpaired) electrons. The van der Waals surface area contributed by atoms with E-state index in [2.05, 4.69) is 25.7 Å². The van der Waals surface area contributed by atoms with E-state index in [-0.39, 0.29) is 6.61 Å². The third-order valence-electron chi connectivity index (χ3n) is 2.46. The van der Waals surface area contributed by atoms with Crippen molar-refractivity contribution in [1.82, 2.24) is 4.90 Å². The van der Waals surface area contributed by atoms with Gasteiger partial charge in [0.15, 0.2) is 0 Å². The molecule has 0 aromatic rings. The van der Waals surface area contributed by atoms with Gasteiger partial charge in [0.1, 0.15) is 0 Å². The van der Waals surface area contributed by atoms with Crippen molar-refractivity contribution in [2.45, 2.75) is 45.7 Å². The lowest BCUT2D eigenvalue weighted by Gasteiger charge is -2.33. The second-order valence-electron chi connectivity index (χ2n) is 3.69. The molecule has 0 aliphatic rings. The first-order valence-electron chi connectivity index (χ1n) is 5.24. The van der Waals surface area contributed by atoms with Gasteiger partial charge >= 0.3 is 0 Å². The summed E-state index contributed by atoms with van der Waals surface area (Å²) in [4.78, 5) is 2.33. The van der Waals surface area contributed by atoms with E-state index in [1.54, 1.807) is 0 Å². The minimum absolute atomic E-state index is 0.235.